The second-order valence-corrected chi connectivity index (χ2v) is 4.10. The number of fused-ring (bicyclic) bond motifs is 1. The van der Waals surface area contributed by atoms with Crippen molar-refractivity contribution in [1.29, 1.82) is 0 Å². The zero-order valence-electron chi connectivity index (χ0n) is 9.01. The van der Waals surface area contributed by atoms with E-state index in [9.17, 15) is 0 Å². The molecule has 2 rings (SSSR count). The average molecular weight is 190 g/mol. The predicted molar refractivity (Wildman–Crippen MR) is 61.0 cm³/mol. The molecule has 0 saturated heterocycles. The maximum atomic E-state index is 3.43. The van der Waals surface area contributed by atoms with Gasteiger partial charge in [0.1, 0.15) is 0 Å². The highest BCUT2D eigenvalue weighted by molar-refractivity contribution is 5.50. The Hall–Kier alpha value is -1.02. The number of nitrogens with zero attached hydrogens (tertiary/aromatic N) is 1. The first-order chi connectivity index (χ1) is 6.77. The first-order valence-corrected chi connectivity index (χ1v) is 5.27. The largest absolute Gasteiger partial charge is 0.378 e. The number of anilines is 1. The summed E-state index contributed by atoms with van der Waals surface area (Å²) >= 11 is 0. The fourth-order valence-corrected chi connectivity index (χ4v) is 1.94. The molecule has 0 radical (unpaired) electrons. The Morgan fingerprint density at radius 3 is 2.50 bits per heavy atom. The first kappa shape index (κ1) is 9.53. The van der Waals surface area contributed by atoms with Crippen molar-refractivity contribution in [1.82, 2.24) is 5.32 Å². The summed E-state index contributed by atoms with van der Waals surface area (Å²) in [4.78, 5) is 2.17. The minimum absolute atomic E-state index is 1.11. The lowest BCUT2D eigenvalue weighted by Crippen LogP contribution is -2.16. The maximum Gasteiger partial charge on any atom is 0.0363 e. The Morgan fingerprint density at radius 1 is 1.07 bits per heavy atom. The molecule has 76 valence electrons. The molecule has 1 aromatic carbocycles. The maximum absolute atomic E-state index is 3.43. The van der Waals surface area contributed by atoms with E-state index in [1.54, 1.807) is 0 Å². The van der Waals surface area contributed by atoms with Gasteiger partial charge in [-0.25, -0.2) is 0 Å². The molecule has 14 heavy (non-hydrogen) atoms. The Bertz CT molecular complexity index is 318. The summed E-state index contributed by atoms with van der Waals surface area (Å²) in [6.45, 7) is 2.23. The van der Waals surface area contributed by atoms with Gasteiger partial charge in [-0.1, -0.05) is 6.07 Å². The minimum atomic E-state index is 1.11. The third kappa shape index (κ3) is 1.90. The summed E-state index contributed by atoms with van der Waals surface area (Å²) in [5.74, 6) is 0. The third-order valence-corrected chi connectivity index (χ3v) is 2.85. The number of rotatable bonds is 1. The molecule has 0 amide bonds. The quantitative estimate of drug-likeness (QED) is 0.721. The van der Waals surface area contributed by atoms with Gasteiger partial charge in [-0.05, 0) is 49.2 Å². The Labute approximate surface area is 85.9 Å². The van der Waals surface area contributed by atoms with Crippen LogP contribution in [-0.4, -0.2) is 27.2 Å². The van der Waals surface area contributed by atoms with E-state index in [2.05, 4.69) is 42.5 Å². The van der Waals surface area contributed by atoms with Crippen molar-refractivity contribution in [2.45, 2.75) is 12.8 Å². The zero-order chi connectivity index (χ0) is 9.97. The van der Waals surface area contributed by atoms with E-state index in [-0.39, 0.29) is 0 Å². The van der Waals surface area contributed by atoms with E-state index in [1.165, 1.54) is 23.2 Å². The predicted octanol–water partition coefficient (Wildman–Crippen LogP) is 1.44. The van der Waals surface area contributed by atoms with Gasteiger partial charge in [-0.15, -0.1) is 0 Å². The highest BCUT2D eigenvalue weighted by Gasteiger charge is 2.08. The van der Waals surface area contributed by atoms with Crippen LogP contribution in [-0.2, 0) is 12.8 Å². The van der Waals surface area contributed by atoms with E-state index >= 15 is 0 Å². The van der Waals surface area contributed by atoms with Crippen LogP contribution < -0.4 is 10.2 Å². The topological polar surface area (TPSA) is 15.3 Å². The molecular formula is C12H18N2. The van der Waals surface area contributed by atoms with Gasteiger partial charge >= 0.3 is 0 Å². The molecule has 1 aliphatic rings. The van der Waals surface area contributed by atoms with E-state index in [0.29, 0.717) is 0 Å². The van der Waals surface area contributed by atoms with Crippen molar-refractivity contribution in [3.63, 3.8) is 0 Å². The lowest BCUT2D eigenvalue weighted by Gasteiger charge is -2.15. The van der Waals surface area contributed by atoms with Crippen molar-refractivity contribution in [3.05, 3.63) is 29.3 Å². The molecule has 0 atom stereocenters. The van der Waals surface area contributed by atoms with Gasteiger partial charge in [0.15, 0.2) is 0 Å². The van der Waals surface area contributed by atoms with Crippen molar-refractivity contribution in [2.24, 2.45) is 0 Å². The molecule has 1 heterocycles. The van der Waals surface area contributed by atoms with Gasteiger partial charge in [0.2, 0.25) is 0 Å². The van der Waals surface area contributed by atoms with E-state index in [1.807, 2.05) is 0 Å². The number of hydrogen-bond acceptors (Lipinski definition) is 2. The Morgan fingerprint density at radius 2 is 1.79 bits per heavy atom. The van der Waals surface area contributed by atoms with Gasteiger partial charge in [0.05, 0.1) is 0 Å². The third-order valence-electron chi connectivity index (χ3n) is 2.85. The molecule has 0 spiro atoms. The van der Waals surface area contributed by atoms with Gasteiger partial charge in [-0.3, -0.25) is 0 Å². The molecule has 2 heteroatoms. The number of nitrogens with one attached hydrogen (secondary N) is 1. The summed E-state index contributed by atoms with van der Waals surface area (Å²) in [7, 11) is 4.19. The van der Waals surface area contributed by atoms with Crippen LogP contribution in [0.1, 0.15) is 11.1 Å². The molecule has 1 aliphatic heterocycles. The molecule has 0 saturated carbocycles. The van der Waals surface area contributed by atoms with Crippen LogP contribution in [0.2, 0.25) is 0 Å². The van der Waals surface area contributed by atoms with Gasteiger partial charge < -0.3 is 10.2 Å². The fraction of sp³-hybridized carbons (Fsp3) is 0.500. The lowest BCUT2D eigenvalue weighted by molar-refractivity contribution is 0.711. The Balaban J connectivity index is 2.32. The van der Waals surface area contributed by atoms with Gasteiger partial charge in [0.25, 0.3) is 0 Å². The molecule has 2 nitrogen and oxygen atoms in total. The molecule has 1 N–H and O–H groups in total. The normalized spacial score (nSPS) is 15.9. The molecule has 0 aromatic heterocycles. The fourth-order valence-electron chi connectivity index (χ4n) is 1.94. The first-order valence-electron chi connectivity index (χ1n) is 5.27. The molecular weight excluding hydrogens is 172 g/mol. The summed E-state index contributed by atoms with van der Waals surface area (Å²) in [5, 5.41) is 3.43. The van der Waals surface area contributed by atoms with Crippen LogP contribution in [0.3, 0.4) is 0 Å². The number of benzene rings is 1. The second kappa shape index (κ2) is 4.01. The van der Waals surface area contributed by atoms with E-state index < -0.39 is 0 Å². The van der Waals surface area contributed by atoms with Gasteiger partial charge in [-0.2, -0.15) is 0 Å². The van der Waals surface area contributed by atoms with Crippen LogP contribution in [0.5, 0.6) is 0 Å². The summed E-state index contributed by atoms with van der Waals surface area (Å²) in [6, 6.07) is 6.81. The monoisotopic (exact) mass is 190 g/mol. The average Bonchev–Trinajstić information content (AvgIpc) is 2.41. The molecule has 0 fully saturated rings. The minimum Gasteiger partial charge on any atom is -0.378 e. The Kier molecular flexibility index (Phi) is 2.73. The van der Waals surface area contributed by atoms with Crippen LogP contribution in [0.4, 0.5) is 5.69 Å². The van der Waals surface area contributed by atoms with E-state index in [4.69, 9.17) is 0 Å². The summed E-state index contributed by atoms with van der Waals surface area (Å²) in [6.07, 6.45) is 2.33. The van der Waals surface area contributed by atoms with Crippen molar-refractivity contribution >= 4 is 5.69 Å². The van der Waals surface area contributed by atoms with Crippen LogP contribution in [0.25, 0.3) is 0 Å². The van der Waals surface area contributed by atoms with Crippen LogP contribution >= 0.6 is 0 Å². The highest BCUT2D eigenvalue weighted by Crippen LogP contribution is 2.19. The van der Waals surface area contributed by atoms with Crippen molar-refractivity contribution in [3.8, 4) is 0 Å². The summed E-state index contributed by atoms with van der Waals surface area (Å²) < 4.78 is 0. The molecule has 0 bridgehead atoms. The van der Waals surface area contributed by atoms with E-state index in [0.717, 1.165) is 19.5 Å². The molecule has 1 aromatic rings. The molecule has 0 aliphatic carbocycles. The van der Waals surface area contributed by atoms with Crippen LogP contribution in [0, 0.1) is 0 Å². The highest BCUT2D eigenvalue weighted by atomic mass is 15.1. The zero-order valence-corrected chi connectivity index (χ0v) is 9.01. The summed E-state index contributed by atoms with van der Waals surface area (Å²) in [5.41, 5.74) is 4.34. The standard InChI is InChI=1S/C12H18N2/c1-14(2)12-4-3-10-5-7-13-8-6-11(10)9-12/h3-4,9,13H,5-8H2,1-2H3. The number of hydrogen-bond donors (Lipinski definition) is 1. The van der Waals surface area contributed by atoms with Crippen molar-refractivity contribution < 1.29 is 0 Å². The van der Waals surface area contributed by atoms with Gasteiger partial charge in [0, 0.05) is 19.8 Å². The molecule has 0 unspecified atom stereocenters. The van der Waals surface area contributed by atoms with Crippen LogP contribution in [0.15, 0.2) is 18.2 Å². The lowest BCUT2D eigenvalue weighted by atomic mass is 10.0. The second-order valence-electron chi connectivity index (χ2n) is 4.10. The van der Waals surface area contributed by atoms with Crippen molar-refractivity contribution in [2.75, 3.05) is 32.1 Å². The SMILES string of the molecule is CN(C)c1ccc2c(c1)CCNCC2. The smallest absolute Gasteiger partial charge is 0.0363 e.